The molecule has 2 rings (SSSR count). The summed E-state index contributed by atoms with van der Waals surface area (Å²) in [5.41, 5.74) is 3.40. The fourth-order valence-electron chi connectivity index (χ4n) is 1.83. The lowest BCUT2D eigenvalue weighted by molar-refractivity contribution is 0.301. The number of aryl methyl sites for hydroxylation is 1. The predicted molar refractivity (Wildman–Crippen MR) is 77.1 cm³/mol. The molecule has 4 heteroatoms. The van der Waals surface area contributed by atoms with Gasteiger partial charge in [0.05, 0.1) is 0 Å². The Labute approximate surface area is 121 Å². The van der Waals surface area contributed by atoms with Gasteiger partial charge < -0.3 is 4.74 Å². The molecule has 0 bridgehead atoms. The number of benzene rings is 1. The highest BCUT2D eigenvalue weighted by molar-refractivity contribution is 9.08. The largest absolute Gasteiger partial charge is 0.488 e. The summed E-state index contributed by atoms with van der Waals surface area (Å²) in [4.78, 5) is 4.02. The molecular formula is C15H13BrN2O. The molecule has 0 saturated heterocycles. The molecule has 0 radical (unpaired) electrons. The third kappa shape index (κ3) is 3.12. The SMILES string of the molecule is Cc1cccc(CBr)c1OCc1cccnc1C#N. The Bertz CT molecular complexity index is 620. The van der Waals surface area contributed by atoms with Crippen LogP contribution in [0.5, 0.6) is 5.75 Å². The number of pyridine rings is 1. The topological polar surface area (TPSA) is 45.9 Å². The molecule has 0 amide bonds. The average Bonchev–Trinajstić information content (AvgIpc) is 2.46. The summed E-state index contributed by atoms with van der Waals surface area (Å²) in [7, 11) is 0. The number of para-hydroxylation sites is 1. The number of hydrogen-bond donors (Lipinski definition) is 0. The number of aromatic nitrogens is 1. The molecule has 1 heterocycles. The maximum absolute atomic E-state index is 9.00. The first-order valence-corrected chi connectivity index (χ1v) is 6.99. The molecule has 19 heavy (non-hydrogen) atoms. The lowest BCUT2D eigenvalue weighted by Gasteiger charge is -2.13. The van der Waals surface area contributed by atoms with Gasteiger partial charge in [-0.2, -0.15) is 5.26 Å². The van der Waals surface area contributed by atoms with Crippen LogP contribution in [0.3, 0.4) is 0 Å². The van der Waals surface area contributed by atoms with Crippen LogP contribution in [0.1, 0.15) is 22.4 Å². The van der Waals surface area contributed by atoms with E-state index in [-0.39, 0.29) is 0 Å². The molecule has 96 valence electrons. The van der Waals surface area contributed by atoms with Gasteiger partial charge in [0.15, 0.2) is 0 Å². The smallest absolute Gasteiger partial charge is 0.147 e. The first kappa shape index (κ1) is 13.6. The zero-order chi connectivity index (χ0) is 13.7. The van der Waals surface area contributed by atoms with E-state index in [0.717, 1.165) is 27.8 Å². The van der Waals surface area contributed by atoms with Gasteiger partial charge in [-0.15, -0.1) is 0 Å². The number of nitriles is 1. The van der Waals surface area contributed by atoms with Crippen molar-refractivity contribution in [2.45, 2.75) is 18.9 Å². The Morgan fingerprint density at radius 2 is 2.05 bits per heavy atom. The maximum Gasteiger partial charge on any atom is 0.147 e. The van der Waals surface area contributed by atoms with Gasteiger partial charge in [0.2, 0.25) is 0 Å². The van der Waals surface area contributed by atoms with Crippen molar-refractivity contribution in [2.24, 2.45) is 0 Å². The second-order valence-electron chi connectivity index (χ2n) is 4.11. The summed E-state index contributed by atoms with van der Waals surface area (Å²) in [6.45, 7) is 2.36. The molecule has 0 saturated carbocycles. The number of ether oxygens (including phenoxy) is 1. The Kier molecular flexibility index (Phi) is 4.53. The highest BCUT2D eigenvalue weighted by Gasteiger charge is 2.08. The van der Waals surface area contributed by atoms with E-state index in [2.05, 4.69) is 27.0 Å². The van der Waals surface area contributed by atoms with Crippen molar-refractivity contribution in [3.63, 3.8) is 0 Å². The summed E-state index contributed by atoms with van der Waals surface area (Å²) in [5.74, 6) is 0.868. The van der Waals surface area contributed by atoms with Crippen LogP contribution < -0.4 is 4.74 Å². The zero-order valence-corrected chi connectivity index (χ0v) is 12.1. The molecule has 0 aliphatic rings. The lowest BCUT2D eigenvalue weighted by atomic mass is 10.1. The van der Waals surface area contributed by atoms with Crippen molar-refractivity contribution >= 4 is 15.9 Å². The van der Waals surface area contributed by atoms with E-state index in [9.17, 15) is 0 Å². The van der Waals surface area contributed by atoms with Crippen LogP contribution in [-0.4, -0.2) is 4.98 Å². The first-order valence-electron chi connectivity index (χ1n) is 5.87. The predicted octanol–water partition coefficient (Wildman–Crippen LogP) is 3.74. The second kappa shape index (κ2) is 6.35. The Morgan fingerprint density at radius 1 is 1.26 bits per heavy atom. The highest BCUT2D eigenvalue weighted by atomic mass is 79.9. The molecule has 0 aliphatic heterocycles. The van der Waals surface area contributed by atoms with Crippen molar-refractivity contribution in [3.8, 4) is 11.8 Å². The van der Waals surface area contributed by atoms with Gasteiger partial charge in [-0.05, 0) is 18.6 Å². The van der Waals surface area contributed by atoms with Crippen molar-refractivity contribution in [3.05, 3.63) is 58.9 Å². The van der Waals surface area contributed by atoms with Gasteiger partial charge in [-0.3, -0.25) is 0 Å². The van der Waals surface area contributed by atoms with Crippen LogP contribution in [0.25, 0.3) is 0 Å². The Hall–Kier alpha value is -1.86. The summed E-state index contributed by atoms with van der Waals surface area (Å²) in [6.07, 6.45) is 1.61. The zero-order valence-electron chi connectivity index (χ0n) is 10.6. The third-order valence-corrected chi connectivity index (χ3v) is 3.41. The standard InChI is InChI=1S/C15H13BrN2O/c1-11-4-2-5-12(8-16)15(11)19-10-13-6-3-7-18-14(13)9-17/h2-7H,8,10H2,1H3. The van der Waals surface area contributed by atoms with Crippen LogP contribution in [-0.2, 0) is 11.9 Å². The molecule has 0 fully saturated rings. The van der Waals surface area contributed by atoms with Gasteiger partial charge >= 0.3 is 0 Å². The van der Waals surface area contributed by atoms with E-state index in [1.165, 1.54) is 0 Å². The third-order valence-electron chi connectivity index (χ3n) is 2.81. The normalized spacial score (nSPS) is 9.95. The molecular weight excluding hydrogens is 304 g/mol. The maximum atomic E-state index is 9.00. The van der Waals surface area contributed by atoms with Gasteiger partial charge in [-0.1, -0.05) is 40.2 Å². The van der Waals surface area contributed by atoms with E-state index in [0.29, 0.717) is 12.3 Å². The van der Waals surface area contributed by atoms with Crippen LogP contribution in [0.15, 0.2) is 36.5 Å². The fourth-order valence-corrected chi connectivity index (χ4v) is 2.27. The van der Waals surface area contributed by atoms with Gasteiger partial charge in [0.25, 0.3) is 0 Å². The summed E-state index contributed by atoms with van der Waals surface area (Å²) >= 11 is 3.45. The van der Waals surface area contributed by atoms with Crippen LogP contribution in [0.2, 0.25) is 0 Å². The van der Waals surface area contributed by atoms with E-state index in [1.807, 2.05) is 37.3 Å². The average molecular weight is 317 g/mol. The van der Waals surface area contributed by atoms with Crippen molar-refractivity contribution in [2.75, 3.05) is 0 Å². The van der Waals surface area contributed by atoms with E-state index < -0.39 is 0 Å². The summed E-state index contributed by atoms with van der Waals surface area (Å²) < 4.78 is 5.87. The molecule has 0 aliphatic carbocycles. The number of rotatable bonds is 4. The minimum atomic E-state index is 0.349. The molecule has 0 unspecified atom stereocenters. The highest BCUT2D eigenvalue weighted by Crippen LogP contribution is 2.26. The summed E-state index contributed by atoms with van der Waals surface area (Å²) in [6, 6.07) is 11.8. The van der Waals surface area contributed by atoms with E-state index in [1.54, 1.807) is 6.20 Å². The van der Waals surface area contributed by atoms with Gasteiger partial charge in [0.1, 0.15) is 24.1 Å². The molecule has 0 atom stereocenters. The number of alkyl halides is 1. The quantitative estimate of drug-likeness (QED) is 0.807. The lowest BCUT2D eigenvalue weighted by Crippen LogP contribution is -2.02. The number of halogens is 1. The first-order chi connectivity index (χ1) is 9.26. The van der Waals surface area contributed by atoms with Gasteiger partial charge in [0, 0.05) is 22.7 Å². The minimum Gasteiger partial charge on any atom is -0.488 e. The molecule has 2 aromatic rings. The molecule has 1 aromatic heterocycles. The number of hydrogen-bond acceptors (Lipinski definition) is 3. The number of nitrogens with zero attached hydrogens (tertiary/aromatic N) is 2. The van der Waals surface area contributed by atoms with E-state index in [4.69, 9.17) is 10.00 Å². The summed E-state index contributed by atoms with van der Waals surface area (Å²) in [5, 5.41) is 9.73. The van der Waals surface area contributed by atoms with Crippen LogP contribution >= 0.6 is 15.9 Å². The van der Waals surface area contributed by atoms with Crippen LogP contribution in [0, 0.1) is 18.3 Å². The Morgan fingerprint density at radius 3 is 2.79 bits per heavy atom. The molecule has 1 aromatic carbocycles. The second-order valence-corrected chi connectivity index (χ2v) is 4.67. The van der Waals surface area contributed by atoms with Crippen molar-refractivity contribution in [1.82, 2.24) is 4.98 Å². The van der Waals surface area contributed by atoms with Crippen molar-refractivity contribution in [1.29, 1.82) is 5.26 Å². The molecule has 3 nitrogen and oxygen atoms in total. The van der Waals surface area contributed by atoms with Gasteiger partial charge in [-0.25, -0.2) is 4.98 Å². The Balaban J connectivity index is 2.22. The fraction of sp³-hybridized carbons (Fsp3) is 0.200. The van der Waals surface area contributed by atoms with Crippen LogP contribution in [0.4, 0.5) is 0 Å². The molecule has 0 spiro atoms. The molecule has 0 N–H and O–H groups in total. The minimum absolute atomic E-state index is 0.349. The monoisotopic (exact) mass is 316 g/mol. The van der Waals surface area contributed by atoms with Crippen molar-refractivity contribution < 1.29 is 4.74 Å². The van der Waals surface area contributed by atoms with E-state index >= 15 is 0 Å².